The molecule has 5 aromatic carbocycles. The van der Waals surface area contributed by atoms with Crippen LogP contribution in [0.3, 0.4) is 0 Å². The van der Waals surface area contributed by atoms with E-state index in [9.17, 15) is 10.5 Å². The zero-order valence-electron chi connectivity index (χ0n) is 27.7. The number of aromatic nitrogens is 5. The van der Waals surface area contributed by atoms with E-state index in [4.69, 9.17) is 19.9 Å². The van der Waals surface area contributed by atoms with E-state index in [2.05, 4.69) is 41.4 Å². The Morgan fingerprint density at radius 2 is 0.750 bits per heavy atom. The molecule has 0 aliphatic rings. The smallest absolute Gasteiger partial charge is 0.164 e. The van der Waals surface area contributed by atoms with Crippen LogP contribution in [0, 0.1) is 22.7 Å². The Hall–Kier alpha value is -7.61. The number of hydrogen-bond donors (Lipinski definition) is 0. The summed E-state index contributed by atoms with van der Waals surface area (Å²) < 4.78 is 0. The molecule has 0 N–H and O–H groups in total. The van der Waals surface area contributed by atoms with E-state index in [1.165, 1.54) is 0 Å². The first-order valence-corrected chi connectivity index (χ1v) is 16.6. The van der Waals surface area contributed by atoms with Crippen molar-refractivity contribution < 1.29 is 0 Å². The van der Waals surface area contributed by atoms with Crippen LogP contribution in [0.2, 0.25) is 0 Å². The summed E-state index contributed by atoms with van der Waals surface area (Å²) in [7, 11) is 0. The Kier molecular flexibility index (Phi) is 8.57. The summed E-state index contributed by atoms with van der Waals surface area (Å²) in [6.45, 7) is 0. The number of benzene rings is 5. The third kappa shape index (κ3) is 6.66. The lowest BCUT2D eigenvalue weighted by Crippen LogP contribution is -2.00. The lowest BCUT2D eigenvalue weighted by molar-refractivity contribution is 1.07. The maximum Gasteiger partial charge on any atom is 0.164 e. The molecule has 7 heteroatoms. The first kappa shape index (κ1) is 31.6. The van der Waals surface area contributed by atoms with Crippen molar-refractivity contribution in [1.29, 1.82) is 10.5 Å². The Morgan fingerprint density at radius 3 is 1.35 bits per heavy atom. The third-order valence-electron chi connectivity index (χ3n) is 8.61. The van der Waals surface area contributed by atoms with Crippen LogP contribution >= 0.6 is 0 Å². The summed E-state index contributed by atoms with van der Waals surface area (Å²) in [5.74, 6) is 1.66. The van der Waals surface area contributed by atoms with Gasteiger partial charge in [0.25, 0.3) is 0 Å². The highest BCUT2D eigenvalue weighted by Gasteiger charge is 2.15. The second kappa shape index (κ2) is 14.1. The maximum absolute atomic E-state index is 10.0. The summed E-state index contributed by atoms with van der Waals surface area (Å²) in [5, 5.41) is 19.4. The summed E-state index contributed by atoms with van der Waals surface area (Å²) in [4.78, 5) is 24.3. The van der Waals surface area contributed by atoms with Gasteiger partial charge in [0.2, 0.25) is 0 Å². The molecule has 0 fully saturated rings. The van der Waals surface area contributed by atoms with Crippen molar-refractivity contribution >= 4 is 0 Å². The summed E-state index contributed by atoms with van der Waals surface area (Å²) in [6, 6.07) is 57.3. The second-order valence-corrected chi connectivity index (χ2v) is 12.0. The fourth-order valence-electron chi connectivity index (χ4n) is 6.00. The zero-order valence-corrected chi connectivity index (χ0v) is 27.7. The minimum atomic E-state index is 0.344. The molecule has 0 amide bonds. The van der Waals surface area contributed by atoms with Crippen LogP contribution in [-0.2, 0) is 0 Å². The molecule has 3 heterocycles. The molecule has 0 aliphatic carbocycles. The quantitative estimate of drug-likeness (QED) is 0.166. The molecule has 242 valence electrons. The second-order valence-electron chi connectivity index (χ2n) is 12.0. The lowest BCUT2D eigenvalue weighted by atomic mass is 10.0. The molecule has 7 nitrogen and oxygen atoms in total. The topological polar surface area (TPSA) is 112 Å². The third-order valence-corrected chi connectivity index (χ3v) is 8.61. The van der Waals surface area contributed by atoms with Gasteiger partial charge >= 0.3 is 0 Å². The minimum absolute atomic E-state index is 0.344. The molecule has 0 saturated heterocycles. The Bertz CT molecular complexity index is 2640. The summed E-state index contributed by atoms with van der Waals surface area (Å²) in [6.07, 6.45) is 0. The van der Waals surface area contributed by atoms with Crippen LogP contribution < -0.4 is 0 Å². The van der Waals surface area contributed by atoms with Crippen LogP contribution in [0.1, 0.15) is 11.3 Å². The Balaban J connectivity index is 1.19. The van der Waals surface area contributed by atoms with Crippen LogP contribution in [-0.4, -0.2) is 24.9 Å². The number of nitriles is 2. The molecular formula is C45H27N7. The minimum Gasteiger partial charge on any atom is -0.248 e. The largest absolute Gasteiger partial charge is 0.248 e. The number of nitrogens with zero attached hydrogens (tertiary/aromatic N) is 7. The van der Waals surface area contributed by atoms with Crippen LogP contribution in [0.5, 0.6) is 0 Å². The van der Waals surface area contributed by atoms with Crippen LogP contribution in [0.15, 0.2) is 164 Å². The van der Waals surface area contributed by atoms with E-state index in [0.717, 1.165) is 44.5 Å². The molecule has 0 atom stereocenters. The number of pyridine rings is 2. The van der Waals surface area contributed by atoms with Crippen molar-refractivity contribution in [2.24, 2.45) is 0 Å². The molecule has 8 rings (SSSR count). The fraction of sp³-hybridized carbons (Fsp3) is 0. The SMILES string of the molecule is N#Cc1cc(-c2cccc(-c3cccc(C#N)n3)c2)nc(-c2cccc(-c3nc(-c4ccccc4)nc(-c4ccc(-c5ccccc5)cc4)n3)c2)c1. The maximum atomic E-state index is 10.0. The summed E-state index contributed by atoms with van der Waals surface area (Å²) >= 11 is 0. The van der Waals surface area contributed by atoms with Gasteiger partial charge in [0.05, 0.1) is 28.7 Å². The predicted molar refractivity (Wildman–Crippen MR) is 203 cm³/mol. The molecule has 0 radical (unpaired) electrons. The first-order chi connectivity index (χ1) is 25.6. The van der Waals surface area contributed by atoms with Crippen molar-refractivity contribution in [2.45, 2.75) is 0 Å². The lowest BCUT2D eigenvalue weighted by Gasteiger charge is -2.11. The van der Waals surface area contributed by atoms with E-state index in [-0.39, 0.29) is 0 Å². The van der Waals surface area contributed by atoms with Gasteiger partial charge in [0.15, 0.2) is 17.5 Å². The van der Waals surface area contributed by atoms with Gasteiger partial charge in [0, 0.05) is 33.4 Å². The standard InChI is InChI=1S/C45H27N7/c46-28-30-24-41(36-15-7-14-35(26-36)40-19-9-18-39(29-47)48-40)49-42(25-30)37-16-8-17-38(27-37)45-51-43(33-12-5-2-6-13-33)50-44(52-45)34-22-20-32(21-23-34)31-10-3-1-4-11-31/h1-27H. The van der Waals surface area contributed by atoms with Crippen molar-refractivity contribution in [3.63, 3.8) is 0 Å². The van der Waals surface area contributed by atoms with Crippen molar-refractivity contribution in [3.8, 4) is 91.2 Å². The average Bonchev–Trinajstić information content (AvgIpc) is 3.24. The number of hydrogen-bond acceptors (Lipinski definition) is 7. The van der Waals surface area contributed by atoms with Crippen LogP contribution in [0.25, 0.3) is 79.1 Å². The molecule has 3 aromatic heterocycles. The molecule has 52 heavy (non-hydrogen) atoms. The molecule has 0 aliphatic heterocycles. The Labute approximate surface area is 300 Å². The molecule has 8 aromatic rings. The molecule has 0 unspecified atom stereocenters. The van der Waals surface area contributed by atoms with Crippen molar-refractivity contribution in [1.82, 2.24) is 24.9 Å². The highest BCUT2D eigenvalue weighted by Crippen LogP contribution is 2.31. The average molecular weight is 666 g/mol. The molecule has 0 bridgehead atoms. The monoisotopic (exact) mass is 665 g/mol. The van der Waals surface area contributed by atoms with Gasteiger partial charge in [-0.3, -0.25) is 0 Å². The van der Waals surface area contributed by atoms with E-state index in [1.807, 2.05) is 121 Å². The first-order valence-electron chi connectivity index (χ1n) is 16.6. The van der Waals surface area contributed by atoms with Gasteiger partial charge < -0.3 is 0 Å². The molecule has 0 saturated carbocycles. The van der Waals surface area contributed by atoms with E-state index in [0.29, 0.717) is 45.8 Å². The van der Waals surface area contributed by atoms with Gasteiger partial charge in [-0.2, -0.15) is 10.5 Å². The van der Waals surface area contributed by atoms with E-state index in [1.54, 1.807) is 18.2 Å². The van der Waals surface area contributed by atoms with Gasteiger partial charge in [-0.25, -0.2) is 24.9 Å². The van der Waals surface area contributed by atoms with Gasteiger partial charge in [-0.15, -0.1) is 0 Å². The predicted octanol–water partition coefficient (Wildman–Crippen LogP) is 10.1. The molecule has 0 spiro atoms. The summed E-state index contributed by atoms with van der Waals surface area (Å²) in [5.41, 5.74) is 10.1. The van der Waals surface area contributed by atoms with Gasteiger partial charge in [-0.1, -0.05) is 127 Å². The number of rotatable bonds is 7. The molecular weight excluding hydrogens is 639 g/mol. The van der Waals surface area contributed by atoms with Gasteiger partial charge in [-0.05, 0) is 47.5 Å². The zero-order chi connectivity index (χ0) is 35.3. The van der Waals surface area contributed by atoms with Crippen molar-refractivity contribution in [2.75, 3.05) is 0 Å². The fourth-order valence-corrected chi connectivity index (χ4v) is 6.00. The van der Waals surface area contributed by atoms with E-state index >= 15 is 0 Å². The van der Waals surface area contributed by atoms with Gasteiger partial charge in [0.1, 0.15) is 11.8 Å². The van der Waals surface area contributed by atoms with Crippen molar-refractivity contribution in [3.05, 3.63) is 175 Å². The highest BCUT2D eigenvalue weighted by molar-refractivity contribution is 5.76. The van der Waals surface area contributed by atoms with Crippen LogP contribution in [0.4, 0.5) is 0 Å². The van der Waals surface area contributed by atoms with E-state index < -0.39 is 0 Å². The Morgan fingerprint density at radius 1 is 0.308 bits per heavy atom. The normalized spacial score (nSPS) is 10.7. The highest BCUT2D eigenvalue weighted by atomic mass is 15.0.